The van der Waals surface area contributed by atoms with Gasteiger partial charge in [-0.25, -0.2) is 4.79 Å². The average molecular weight is 457 g/mol. The molecule has 2 aromatic rings. The SMILES string of the molecule is CCOC(=O)COc1ccc(/C=C(\C#N)C(=O)N[C@@H](C)c2ccccc2)cc1Br. The van der Waals surface area contributed by atoms with Crippen LogP contribution < -0.4 is 10.1 Å². The first-order valence-electron chi connectivity index (χ1n) is 9.00. The highest BCUT2D eigenvalue weighted by atomic mass is 79.9. The van der Waals surface area contributed by atoms with Crippen molar-refractivity contribution >= 4 is 33.9 Å². The van der Waals surface area contributed by atoms with Gasteiger partial charge >= 0.3 is 5.97 Å². The number of rotatable bonds is 8. The van der Waals surface area contributed by atoms with E-state index in [2.05, 4.69) is 21.2 Å². The molecule has 0 radical (unpaired) electrons. The second kappa shape index (κ2) is 11.0. The summed E-state index contributed by atoms with van der Waals surface area (Å²) in [6, 6.07) is 16.2. The van der Waals surface area contributed by atoms with E-state index in [-0.39, 0.29) is 24.8 Å². The topological polar surface area (TPSA) is 88.4 Å². The Kier molecular flexibility index (Phi) is 8.44. The van der Waals surface area contributed by atoms with Crippen LogP contribution in [0.2, 0.25) is 0 Å². The van der Waals surface area contributed by atoms with Gasteiger partial charge in [-0.3, -0.25) is 4.79 Å². The zero-order chi connectivity index (χ0) is 21.2. The monoisotopic (exact) mass is 456 g/mol. The molecule has 7 heteroatoms. The molecule has 29 heavy (non-hydrogen) atoms. The fourth-order valence-electron chi connectivity index (χ4n) is 2.48. The molecule has 0 saturated heterocycles. The highest BCUT2D eigenvalue weighted by Gasteiger charge is 2.14. The third kappa shape index (κ3) is 6.77. The highest BCUT2D eigenvalue weighted by molar-refractivity contribution is 9.10. The molecular weight excluding hydrogens is 436 g/mol. The van der Waals surface area contributed by atoms with Crippen LogP contribution in [0.15, 0.2) is 58.6 Å². The molecule has 1 atom stereocenters. The Morgan fingerprint density at radius 2 is 1.97 bits per heavy atom. The zero-order valence-corrected chi connectivity index (χ0v) is 17.7. The van der Waals surface area contributed by atoms with Crippen LogP contribution in [0, 0.1) is 11.3 Å². The van der Waals surface area contributed by atoms with Gasteiger partial charge in [-0.15, -0.1) is 0 Å². The van der Waals surface area contributed by atoms with Crippen LogP contribution in [0.5, 0.6) is 5.75 Å². The van der Waals surface area contributed by atoms with Crippen LogP contribution in [0.1, 0.15) is 31.0 Å². The number of hydrogen-bond acceptors (Lipinski definition) is 5. The number of carbonyl (C=O) groups is 2. The lowest BCUT2D eigenvalue weighted by Gasteiger charge is -2.14. The number of carbonyl (C=O) groups excluding carboxylic acids is 2. The van der Waals surface area contributed by atoms with Crippen molar-refractivity contribution in [2.45, 2.75) is 19.9 Å². The Morgan fingerprint density at radius 1 is 1.24 bits per heavy atom. The average Bonchev–Trinajstić information content (AvgIpc) is 2.72. The van der Waals surface area contributed by atoms with Gasteiger partial charge in [-0.05, 0) is 59.1 Å². The van der Waals surface area contributed by atoms with Gasteiger partial charge in [0.15, 0.2) is 6.61 Å². The quantitative estimate of drug-likeness (QED) is 0.365. The standard InChI is InChI=1S/C22H21BrN2O4/c1-3-28-21(26)14-29-20-10-9-16(12-19(20)23)11-18(13-24)22(27)25-15(2)17-7-5-4-6-8-17/h4-12,15H,3,14H2,1-2H3,(H,25,27)/b18-11+/t15-/m0/s1. The second-order valence-corrected chi connectivity index (χ2v) is 6.91. The molecule has 0 aliphatic carbocycles. The van der Waals surface area contributed by atoms with Crippen molar-refractivity contribution in [3.8, 4) is 11.8 Å². The summed E-state index contributed by atoms with van der Waals surface area (Å²) in [6.45, 7) is 3.66. The summed E-state index contributed by atoms with van der Waals surface area (Å²) in [7, 11) is 0. The van der Waals surface area contributed by atoms with E-state index in [0.29, 0.717) is 15.8 Å². The lowest BCUT2D eigenvalue weighted by Crippen LogP contribution is -2.27. The van der Waals surface area contributed by atoms with Crippen molar-refractivity contribution in [2.24, 2.45) is 0 Å². The molecule has 1 N–H and O–H groups in total. The predicted molar refractivity (Wildman–Crippen MR) is 113 cm³/mol. The third-order valence-corrected chi connectivity index (χ3v) is 4.55. The first-order valence-corrected chi connectivity index (χ1v) is 9.79. The zero-order valence-electron chi connectivity index (χ0n) is 16.1. The summed E-state index contributed by atoms with van der Waals surface area (Å²) in [4.78, 5) is 23.9. The number of halogens is 1. The summed E-state index contributed by atoms with van der Waals surface area (Å²) in [5, 5.41) is 12.2. The molecule has 2 aromatic carbocycles. The van der Waals surface area contributed by atoms with Crippen molar-refractivity contribution in [2.75, 3.05) is 13.2 Å². The highest BCUT2D eigenvalue weighted by Crippen LogP contribution is 2.27. The lowest BCUT2D eigenvalue weighted by molar-refractivity contribution is -0.145. The molecule has 0 aliphatic heterocycles. The smallest absolute Gasteiger partial charge is 0.344 e. The fraction of sp³-hybridized carbons (Fsp3) is 0.227. The van der Waals surface area contributed by atoms with Gasteiger partial charge in [0, 0.05) is 0 Å². The van der Waals surface area contributed by atoms with Gasteiger partial charge in [0.05, 0.1) is 17.1 Å². The normalized spacial score (nSPS) is 11.9. The number of nitrogens with zero attached hydrogens (tertiary/aromatic N) is 1. The number of nitrogens with one attached hydrogen (secondary N) is 1. The summed E-state index contributed by atoms with van der Waals surface area (Å²) >= 11 is 3.37. The summed E-state index contributed by atoms with van der Waals surface area (Å²) in [5.41, 5.74) is 1.57. The van der Waals surface area contributed by atoms with Crippen LogP contribution in [0.25, 0.3) is 6.08 Å². The van der Waals surface area contributed by atoms with Crippen molar-refractivity contribution < 1.29 is 19.1 Å². The minimum atomic E-state index is -0.459. The second-order valence-electron chi connectivity index (χ2n) is 6.06. The molecule has 0 spiro atoms. The molecule has 0 aromatic heterocycles. The van der Waals surface area contributed by atoms with E-state index >= 15 is 0 Å². The van der Waals surface area contributed by atoms with Crippen LogP contribution in [-0.4, -0.2) is 25.1 Å². The molecule has 0 saturated carbocycles. The molecule has 2 rings (SSSR count). The first kappa shape index (κ1) is 22.2. The summed E-state index contributed by atoms with van der Waals surface area (Å²) in [5.74, 6) is -0.460. The van der Waals surface area contributed by atoms with Crippen LogP contribution >= 0.6 is 15.9 Å². The third-order valence-electron chi connectivity index (χ3n) is 3.93. The number of ether oxygens (including phenoxy) is 2. The lowest BCUT2D eigenvalue weighted by atomic mass is 10.1. The minimum absolute atomic E-state index is 0.0140. The van der Waals surface area contributed by atoms with E-state index in [4.69, 9.17) is 9.47 Å². The van der Waals surface area contributed by atoms with E-state index in [9.17, 15) is 14.9 Å². The van der Waals surface area contributed by atoms with Crippen LogP contribution in [0.3, 0.4) is 0 Å². The van der Waals surface area contributed by atoms with E-state index < -0.39 is 11.9 Å². The molecule has 150 valence electrons. The predicted octanol–water partition coefficient (Wildman–Crippen LogP) is 4.18. The van der Waals surface area contributed by atoms with Gasteiger partial charge in [0.1, 0.15) is 17.4 Å². The Labute approximate surface area is 178 Å². The maximum Gasteiger partial charge on any atom is 0.344 e. The molecule has 1 amide bonds. The van der Waals surface area contributed by atoms with Crippen molar-refractivity contribution in [1.29, 1.82) is 5.26 Å². The van der Waals surface area contributed by atoms with Gasteiger partial charge in [-0.1, -0.05) is 36.4 Å². The number of nitriles is 1. The maximum absolute atomic E-state index is 12.5. The van der Waals surface area contributed by atoms with Gasteiger partial charge in [0.2, 0.25) is 0 Å². The summed E-state index contributed by atoms with van der Waals surface area (Å²) in [6.07, 6.45) is 1.49. The summed E-state index contributed by atoms with van der Waals surface area (Å²) < 4.78 is 10.8. The van der Waals surface area contributed by atoms with E-state index in [1.54, 1.807) is 25.1 Å². The molecule has 0 aliphatic rings. The maximum atomic E-state index is 12.5. The Bertz CT molecular complexity index is 936. The van der Waals surface area contributed by atoms with Crippen molar-refractivity contribution in [1.82, 2.24) is 5.32 Å². The number of hydrogen-bond donors (Lipinski definition) is 1. The molecular formula is C22H21BrN2O4. The molecule has 0 heterocycles. The molecule has 0 fully saturated rings. The van der Waals surface area contributed by atoms with E-state index in [0.717, 1.165) is 5.56 Å². The fourth-order valence-corrected chi connectivity index (χ4v) is 2.99. The van der Waals surface area contributed by atoms with Crippen molar-refractivity contribution in [3.05, 3.63) is 69.7 Å². The number of esters is 1. The number of benzene rings is 2. The van der Waals surface area contributed by atoms with Gasteiger partial charge in [-0.2, -0.15) is 5.26 Å². The van der Waals surface area contributed by atoms with Crippen LogP contribution in [-0.2, 0) is 14.3 Å². The molecule has 0 unspecified atom stereocenters. The van der Waals surface area contributed by atoms with Gasteiger partial charge < -0.3 is 14.8 Å². The minimum Gasteiger partial charge on any atom is -0.481 e. The van der Waals surface area contributed by atoms with Gasteiger partial charge in [0.25, 0.3) is 5.91 Å². The van der Waals surface area contributed by atoms with E-state index in [1.807, 2.05) is 43.3 Å². The Balaban J connectivity index is 2.08. The molecule has 6 nitrogen and oxygen atoms in total. The van der Waals surface area contributed by atoms with E-state index in [1.165, 1.54) is 6.08 Å². The number of amides is 1. The Morgan fingerprint density at radius 3 is 2.59 bits per heavy atom. The Hall–Kier alpha value is -3.11. The van der Waals surface area contributed by atoms with Crippen molar-refractivity contribution in [3.63, 3.8) is 0 Å². The first-order chi connectivity index (χ1) is 13.9. The van der Waals surface area contributed by atoms with Crippen LogP contribution in [0.4, 0.5) is 0 Å². The largest absolute Gasteiger partial charge is 0.481 e. The molecule has 0 bridgehead atoms.